The van der Waals surface area contributed by atoms with Gasteiger partial charge in [-0.3, -0.25) is 9.78 Å². The van der Waals surface area contributed by atoms with E-state index in [0.717, 1.165) is 26.8 Å². The Morgan fingerprint density at radius 3 is 2.73 bits per heavy atom. The number of hydrogen-bond donors (Lipinski definition) is 1. The second kappa shape index (κ2) is 7.09. The number of aromatic nitrogens is 3. The van der Waals surface area contributed by atoms with Gasteiger partial charge in [0.1, 0.15) is 0 Å². The fourth-order valence-electron chi connectivity index (χ4n) is 2.80. The maximum Gasteiger partial charge on any atom is 0.258 e. The Morgan fingerprint density at radius 1 is 1.12 bits per heavy atom. The number of nitrogens with one attached hydrogen (secondary N) is 1. The number of rotatable bonds is 4. The molecule has 1 amide bonds. The number of imidazole rings is 1. The summed E-state index contributed by atoms with van der Waals surface area (Å²) in [7, 11) is 0. The van der Waals surface area contributed by atoms with Gasteiger partial charge in [0.25, 0.3) is 5.91 Å². The smallest absolute Gasteiger partial charge is 0.258 e. The summed E-state index contributed by atoms with van der Waals surface area (Å²) < 4.78 is 0.966. The molecular formula is C20H15BrN4O. The summed E-state index contributed by atoms with van der Waals surface area (Å²) in [5.41, 5.74) is 4.06. The van der Waals surface area contributed by atoms with Gasteiger partial charge in [-0.1, -0.05) is 22.0 Å². The third-order valence-electron chi connectivity index (χ3n) is 4.12. The van der Waals surface area contributed by atoms with Crippen molar-refractivity contribution in [2.45, 2.75) is 6.54 Å². The van der Waals surface area contributed by atoms with Crippen molar-refractivity contribution < 1.29 is 4.79 Å². The summed E-state index contributed by atoms with van der Waals surface area (Å²) >= 11 is 3.44. The number of pyridine rings is 1. The topological polar surface area (TPSA) is 61.9 Å². The largest absolute Gasteiger partial charge is 0.345 e. The normalized spacial score (nSPS) is 10.8. The van der Waals surface area contributed by atoms with Crippen LogP contribution in [-0.2, 0) is 6.54 Å². The summed E-state index contributed by atoms with van der Waals surface area (Å²) in [6, 6.07) is 17.0. The molecule has 0 aliphatic carbocycles. The second-order valence-corrected chi connectivity index (χ2v) is 6.78. The Morgan fingerprint density at radius 2 is 1.96 bits per heavy atom. The summed E-state index contributed by atoms with van der Waals surface area (Å²) in [5.74, 6) is -0.0823. The molecule has 2 aromatic carbocycles. The molecule has 5 nitrogen and oxygen atoms in total. The summed E-state index contributed by atoms with van der Waals surface area (Å²) in [4.78, 5) is 26.4. The molecule has 26 heavy (non-hydrogen) atoms. The number of hydrogen-bond acceptors (Lipinski definition) is 3. The highest BCUT2D eigenvalue weighted by Gasteiger charge is 2.19. The van der Waals surface area contributed by atoms with Crippen LogP contribution in [0.1, 0.15) is 15.9 Å². The van der Waals surface area contributed by atoms with Crippen LogP contribution in [0.25, 0.3) is 11.0 Å². The number of halogens is 1. The first-order chi connectivity index (χ1) is 12.7. The minimum Gasteiger partial charge on any atom is -0.345 e. The minimum absolute atomic E-state index is 0.0823. The molecule has 0 spiro atoms. The monoisotopic (exact) mass is 406 g/mol. The second-order valence-electron chi connectivity index (χ2n) is 5.86. The molecule has 128 valence electrons. The molecule has 1 N–H and O–H groups in total. The lowest BCUT2D eigenvalue weighted by Crippen LogP contribution is -2.30. The molecule has 0 unspecified atom stereocenters. The highest BCUT2D eigenvalue weighted by Crippen LogP contribution is 2.23. The van der Waals surface area contributed by atoms with Crippen LogP contribution < -0.4 is 4.90 Å². The Bertz CT molecular complexity index is 1040. The Balaban J connectivity index is 1.73. The molecule has 0 aliphatic rings. The van der Waals surface area contributed by atoms with Crippen molar-refractivity contribution in [3.05, 3.63) is 88.9 Å². The average molecular weight is 407 g/mol. The van der Waals surface area contributed by atoms with E-state index in [4.69, 9.17) is 0 Å². The van der Waals surface area contributed by atoms with Crippen LogP contribution >= 0.6 is 15.9 Å². The standard InChI is InChI=1S/C20H15BrN4O/c21-16-4-6-17(7-5-16)25(12-14-2-1-9-22-11-14)20(26)15-3-8-18-19(10-15)24-13-23-18/h1-11,13H,12H2,(H,23,24). The van der Waals surface area contributed by atoms with Gasteiger partial charge in [0.05, 0.1) is 23.9 Å². The summed E-state index contributed by atoms with van der Waals surface area (Å²) in [6.07, 6.45) is 5.12. The van der Waals surface area contributed by atoms with E-state index in [0.29, 0.717) is 12.1 Å². The maximum absolute atomic E-state index is 13.3. The van der Waals surface area contributed by atoms with E-state index in [9.17, 15) is 4.79 Å². The Labute approximate surface area is 158 Å². The van der Waals surface area contributed by atoms with Crippen LogP contribution in [0.4, 0.5) is 5.69 Å². The molecule has 4 rings (SSSR count). The SMILES string of the molecule is O=C(c1ccc2[nH]cnc2c1)N(Cc1cccnc1)c1ccc(Br)cc1. The fourth-order valence-corrected chi connectivity index (χ4v) is 3.06. The molecule has 0 saturated carbocycles. The van der Waals surface area contributed by atoms with Crippen LogP contribution in [0.5, 0.6) is 0 Å². The van der Waals surface area contributed by atoms with Crippen molar-refractivity contribution in [2.75, 3.05) is 4.90 Å². The lowest BCUT2D eigenvalue weighted by molar-refractivity contribution is 0.0985. The third kappa shape index (κ3) is 3.36. The predicted octanol–water partition coefficient (Wildman–Crippen LogP) is 4.57. The van der Waals surface area contributed by atoms with Gasteiger partial charge in [0, 0.05) is 28.1 Å². The van der Waals surface area contributed by atoms with Crippen molar-refractivity contribution in [3.63, 3.8) is 0 Å². The van der Waals surface area contributed by atoms with Crippen molar-refractivity contribution in [2.24, 2.45) is 0 Å². The maximum atomic E-state index is 13.3. The lowest BCUT2D eigenvalue weighted by atomic mass is 10.1. The fraction of sp³-hybridized carbons (Fsp3) is 0.0500. The first-order valence-electron chi connectivity index (χ1n) is 8.10. The van der Waals surface area contributed by atoms with Gasteiger partial charge < -0.3 is 9.88 Å². The predicted molar refractivity (Wildman–Crippen MR) is 105 cm³/mol. The quantitative estimate of drug-likeness (QED) is 0.539. The molecule has 0 aliphatic heterocycles. The van der Waals surface area contributed by atoms with E-state index in [1.54, 1.807) is 23.6 Å². The number of amides is 1. The molecule has 0 bridgehead atoms. The lowest BCUT2D eigenvalue weighted by Gasteiger charge is -2.23. The molecule has 0 radical (unpaired) electrons. The molecule has 0 atom stereocenters. The van der Waals surface area contributed by atoms with Gasteiger partial charge in [-0.05, 0) is 54.1 Å². The molecule has 6 heteroatoms. The summed E-state index contributed by atoms with van der Waals surface area (Å²) in [6.45, 7) is 0.437. The number of benzene rings is 2. The van der Waals surface area contributed by atoms with Crippen LogP contribution in [-0.4, -0.2) is 20.9 Å². The average Bonchev–Trinajstić information content (AvgIpc) is 3.15. The zero-order valence-corrected chi connectivity index (χ0v) is 15.3. The molecule has 2 aromatic heterocycles. The van der Waals surface area contributed by atoms with E-state index < -0.39 is 0 Å². The van der Waals surface area contributed by atoms with E-state index in [1.807, 2.05) is 54.6 Å². The van der Waals surface area contributed by atoms with Gasteiger partial charge in [-0.25, -0.2) is 4.98 Å². The van der Waals surface area contributed by atoms with Gasteiger partial charge in [0.15, 0.2) is 0 Å². The first kappa shape index (κ1) is 16.5. The number of nitrogens with zero attached hydrogens (tertiary/aromatic N) is 3. The molecule has 2 heterocycles. The molecule has 0 saturated heterocycles. The summed E-state index contributed by atoms with van der Waals surface area (Å²) in [5, 5.41) is 0. The van der Waals surface area contributed by atoms with Crippen LogP contribution in [0.2, 0.25) is 0 Å². The zero-order valence-electron chi connectivity index (χ0n) is 13.8. The number of aromatic amines is 1. The first-order valence-corrected chi connectivity index (χ1v) is 8.89. The minimum atomic E-state index is -0.0823. The van der Waals surface area contributed by atoms with Crippen LogP contribution in [0.15, 0.2) is 77.8 Å². The Kier molecular flexibility index (Phi) is 4.50. The number of carbonyl (C=O) groups is 1. The Hall–Kier alpha value is -2.99. The van der Waals surface area contributed by atoms with E-state index in [2.05, 4.69) is 30.9 Å². The van der Waals surface area contributed by atoms with E-state index >= 15 is 0 Å². The van der Waals surface area contributed by atoms with Crippen molar-refractivity contribution >= 4 is 38.6 Å². The number of H-pyrrole nitrogens is 1. The van der Waals surface area contributed by atoms with Gasteiger partial charge in [-0.15, -0.1) is 0 Å². The van der Waals surface area contributed by atoms with Crippen molar-refractivity contribution in [3.8, 4) is 0 Å². The molecule has 4 aromatic rings. The van der Waals surface area contributed by atoms with E-state index in [1.165, 1.54) is 0 Å². The number of anilines is 1. The van der Waals surface area contributed by atoms with Crippen molar-refractivity contribution in [1.82, 2.24) is 15.0 Å². The highest BCUT2D eigenvalue weighted by atomic mass is 79.9. The third-order valence-corrected chi connectivity index (χ3v) is 4.64. The van der Waals surface area contributed by atoms with Crippen molar-refractivity contribution in [1.29, 1.82) is 0 Å². The van der Waals surface area contributed by atoms with Crippen LogP contribution in [0.3, 0.4) is 0 Å². The van der Waals surface area contributed by atoms with Gasteiger partial charge in [0.2, 0.25) is 0 Å². The van der Waals surface area contributed by atoms with E-state index in [-0.39, 0.29) is 5.91 Å². The molecular weight excluding hydrogens is 392 g/mol. The van der Waals surface area contributed by atoms with Gasteiger partial charge >= 0.3 is 0 Å². The number of fused-ring (bicyclic) bond motifs is 1. The molecule has 0 fully saturated rings. The zero-order chi connectivity index (χ0) is 17.9. The van der Waals surface area contributed by atoms with Crippen LogP contribution in [0, 0.1) is 0 Å². The highest BCUT2D eigenvalue weighted by molar-refractivity contribution is 9.10. The number of carbonyl (C=O) groups excluding carboxylic acids is 1. The van der Waals surface area contributed by atoms with Gasteiger partial charge in [-0.2, -0.15) is 0 Å².